The molecule has 32 heavy (non-hydrogen) atoms. The average Bonchev–Trinajstić information content (AvgIpc) is 2.99. The highest BCUT2D eigenvalue weighted by Crippen LogP contribution is 2.19. The van der Waals surface area contributed by atoms with Crippen molar-refractivity contribution < 1.29 is 9.59 Å². The van der Waals surface area contributed by atoms with E-state index in [9.17, 15) is 9.59 Å². The lowest BCUT2D eigenvalue weighted by atomic mass is 10.0. The predicted molar refractivity (Wildman–Crippen MR) is 125 cm³/mol. The minimum Gasteiger partial charge on any atom is -0.351 e. The maximum atomic E-state index is 13.4. The largest absolute Gasteiger partial charge is 0.351 e. The molecule has 164 valence electrons. The third kappa shape index (κ3) is 5.27. The van der Waals surface area contributed by atoms with Crippen LogP contribution in [0, 0.1) is 0 Å². The van der Waals surface area contributed by atoms with E-state index < -0.39 is 12.2 Å². The molecule has 6 nitrogen and oxygen atoms in total. The molecule has 0 aromatic heterocycles. The third-order valence-corrected chi connectivity index (χ3v) is 5.82. The van der Waals surface area contributed by atoms with Crippen LogP contribution >= 0.6 is 0 Å². The second kappa shape index (κ2) is 10.0. The molecule has 3 aromatic carbocycles. The maximum absolute atomic E-state index is 13.4. The van der Waals surface area contributed by atoms with Gasteiger partial charge in [0.1, 0.15) is 6.17 Å². The Kier molecular flexibility index (Phi) is 6.70. The summed E-state index contributed by atoms with van der Waals surface area (Å²) in [6, 6.07) is 27.1. The summed E-state index contributed by atoms with van der Waals surface area (Å²) >= 11 is 0. The zero-order valence-electron chi connectivity index (χ0n) is 18.0. The summed E-state index contributed by atoms with van der Waals surface area (Å²) in [6.45, 7) is 1.39. The highest BCUT2D eigenvalue weighted by molar-refractivity contribution is 5.77. The monoisotopic (exact) mass is 428 g/mol. The summed E-state index contributed by atoms with van der Waals surface area (Å²) < 4.78 is 0. The SMILES string of the molecule is NC(=O)N1CCc2ccccc2CC1NC(=O)N(Cc1ccccc1)Cc1ccccc1. The number of urea groups is 2. The van der Waals surface area contributed by atoms with Crippen molar-refractivity contribution in [3.05, 3.63) is 107 Å². The Hall–Kier alpha value is -3.80. The van der Waals surface area contributed by atoms with E-state index >= 15 is 0 Å². The lowest BCUT2D eigenvalue weighted by molar-refractivity contribution is 0.154. The molecule has 4 amide bonds. The van der Waals surface area contributed by atoms with Crippen LogP contribution < -0.4 is 11.1 Å². The van der Waals surface area contributed by atoms with Gasteiger partial charge < -0.3 is 20.9 Å². The second-order valence-corrected chi connectivity index (χ2v) is 8.05. The molecule has 0 bridgehead atoms. The fraction of sp³-hybridized carbons (Fsp3) is 0.231. The van der Waals surface area contributed by atoms with Crippen molar-refractivity contribution in [2.24, 2.45) is 5.73 Å². The molecule has 1 aliphatic rings. The molecule has 1 atom stereocenters. The number of benzene rings is 3. The number of hydrogen-bond donors (Lipinski definition) is 2. The molecule has 4 rings (SSSR count). The van der Waals surface area contributed by atoms with Crippen LogP contribution in [0.2, 0.25) is 0 Å². The Balaban J connectivity index is 1.56. The average molecular weight is 429 g/mol. The van der Waals surface area contributed by atoms with Crippen molar-refractivity contribution in [1.82, 2.24) is 15.1 Å². The zero-order chi connectivity index (χ0) is 22.3. The number of nitrogens with two attached hydrogens (primary N) is 1. The minimum absolute atomic E-state index is 0.228. The van der Waals surface area contributed by atoms with E-state index in [2.05, 4.69) is 11.4 Å². The molecule has 3 N–H and O–H groups in total. The second-order valence-electron chi connectivity index (χ2n) is 8.05. The van der Waals surface area contributed by atoms with Gasteiger partial charge in [-0.3, -0.25) is 0 Å². The van der Waals surface area contributed by atoms with E-state index in [1.165, 1.54) is 5.56 Å². The molecule has 0 spiro atoms. The first-order valence-electron chi connectivity index (χ1n) is 10.9. The Labute approximate surface area is 188 Å². The summed E-state index contributed by atoms with van der Waals surface area (Å²) in [5.41, 5.74) is 10.1. The van der Waals surface area contributed by atoms with Crippen molar-refractivity contribution >= 4 is 12.1 Å². The van der Waals surface area contributed by atoms with Gasteiger partial charge in [-0.2, -0.15) is 0 Å². The smallest absolute Gasteiger partial charge is 0.319 e. The minimum atomic E-state index is -0.527. The van der Waals surface area contributed by atoms with Crippen LogP contribution in [-0.2, 0) is 25.9 Å². The highest BCUT2D eigenvalue weighted by Gasteiger charge is 2.29. The number of primary amides is 1. The number of fused-ring (bicyclic) bond motifs is 1. The van der Waals surface area contributed by atoms with Crippen LogP contribution in [0.5, 0.6) is 0 Å². The van der Waals surface area contributed by atoms with Crippen LogP contribution in [-0.4, -0.2) is 34.6 Å². The van der Waals surface area contributed by atoms with Crippen LogP contribution in [0.3, 0.4) is 0 Å². The van der Waals surface area contributed by atoms with Gasteiger partial charge in [0.15, 0.2) is 0 Å². The third-order valence-electron chi connectivity index (χ3n) is 5.82. The number of carbonyl (C=O) groups is 2. The lowest BCUT2D eigenvalue weighted by Crippen LogP contribution is -2.56. The first kappa shape index (κ1) is 21.4. The van der Waals surface area contributed by atoms with Crippen molar-refractivity contribution in [3.63, 3.8) is 0 Å². The molecule has 0 radical (unpaired) electrons. The topological polar surface area (TPSA) is 78.7 Å². The van der Waals surface area contributed by atoms with Crippen LogP contribution in [0.25, 0.3) is 0 Å². The molecule has 0 aliphatic carbocycles. The van der Waals surface area contributed by atoms with E-state index in [4.69, 9.17) is 5.73 Å². The standard InChI is InChI=1S/C26H28N4O2/c27-25(31)30-16-15-22-13-7-8-14-23(22)17-24(30)28-26(32)29(18-20-9-3-1-4-10-20)19-21-11-5-2-6-12-21/h1-14,24H,15-19H2,(H2,27,31)(H,28,32). The van der Waals surface area contributed by atoms with Gasteiger partial charge in [-0.15, -0.1) is 0 Å². The predicted octanol–water partition coefficient (Wildman–Crippen LogP) is 3.90. The van der Waals surface area contributed by atoms with E-state index in [0.29, 0.717) is 32.5 Å². The van der Waals surface area contributed by atoms with Crippen molar-refractivity contribution in [2.75, 3.05) is 6.54 Å². The van der Waals surface area contributed by atoms with E-state index in [-0.39, 0.29) is 6.03 Å². The summed E-state index contributed by atoms with van der Waals surface area (Å²) in [7, 11) is 0. The fourth-order valence-electron chi connectivity index (χ4n) is 4.15. The van der Waals surface area contributed by atoms with Crippen molar-refractivity contribution in [2.45, 2.75) is 32.1 Å². The molecular weight excluding hydrogens is 400 g/mol. The molecule has 1 heterocycles. The number of hydrogen-bond acceptors (Lipinski definition) is 2. The Bertz CT molecular complexity index is 1010. The first-order chi connectivity index (χ1) is 15.6. The molecule has 1 unspecified atom stereocenters. The van der Waals surface area contributed by atoms with E-state index in [1.54, 1.807) is 9.80 Å². The normalized spacial score (nSPS) is 15.4. The van der Waals surface area contributed by atoms with Crippen molar-refractivity contribution in [1.29, 1.82) is 0 Å². The Morgan fingerprint density at radius 1 is 0.844 bits per heavy atom. The number of amides is 4. The zero-order valence-corrected chi connectivity index (χ0v) is 18.0. The van der Waals surface area contributed by atoms with Gasteiger partial charge in [0.25, 0.3) is 0 Å². The van der Waals surface area contributed by atoms with Crippen LogP contribution in [0.15, 0.2) is 84.9 Å². The number of nitrogens with one attached hydrogen (secondary N) is 1. The Morgan fingerprint density at radius 2 is 1.38 bits per heavy atom. The van der Waals surface area contributed by atoms with Gasteiger partial charge in [-0.05, 0) is 28.7 Å². The molecule has 6 heteroatoms. The van der Waals surface area contributed by atoms with Gasteiger partial charge in [-0.1, -0.05) is 84.9 Å². The lowest BCUT2D eigenvalue weighted by Gasteiger charge is -2.32. The summed E-state index contributed by atoms with van der Waals surface area (Å²) in [5, 5.41) is 3.08. The molecule has 0 saturated heterocycles. The van der Waals surface area contributed by atoms with Gasteiger partial charge in [0, 0.05) is 26.1 Å². The first-order valence-corrected chi connectivity index (χ1v) is 10.9. The maximum Gasteiger partial charge on any atom is 0.319 e. The van der Waals surface area contributed by atoms with Gasteiger partial charge in [-0.25, -0.2) is 9.59 Å². The number of carbonyl (C=O) groups excluding carboxylic acids is 2. The summed E-state index contributed by atoms with van der Waals surface area (Å²) in [6.07, 6.45) is 0.733. The van der Waals surface area contributed by atoms with Crippen LogP contribution in [0.1, 0.15) is 22.3 Å². The highest BCUT2D eigenvalue weighted by atomic mass is 16.2. The van der Waals surface area contributed by atoms with Gasteiger partial charge in [0.2, 0.25) is 0 Å². The number of rotatable bonds is 5. The van der Waals surface area contributed by atoms with Gasteiger partial charge in [0.05, 0.1) is 0 Å². The van der Waals surface area contributed by atoms with E-state index in [1.807, 2.05) is 78.9 Å². The molecule has 1 aliphatic heterocycles. The molecule has 0 fully saturated rings. The van der Waals surface area contributed by atoms with Crippen molar-refractivity contribution in [3.8, 4) is 0 Å². The molecule has 3 aromatic rings. The molecular formula is C26H28N4O2. The molecule has 0 saturated carbocycles. The summed E-state index contributed by atoms with van der Waals surface area (Å²) in [5.74, 6) is 0. The fourth-order valence-corrected chi connectivity index (χ4v) is 4.15. The van der Waals surface area contributed by atoms with Crippen LogP contribution in [0.4, 0.5) is 9.59 Å². The Morgan fingerprint density at radius 3 is 1.94 bits per heavy atom. The number of nitrogens with zero attached hydrogens (tertiary/aromatic N) is 2. The van der Waals surface area contributed by atoms with Gasteiger partial charge >= 0.3 is 12.1 Å². The van der Waals surface area contributed by atoms with E-state index in [0.717, 1.165) is 16.7 Å². The summed E-state index contributed by atoms with van der Waals surface area (Å²) in [4.78, 5) is 29.0. The quantitative estimate of drug-likeness (QED) is 0.646.